The normalized spacial score (nSPS) is 19.2. The van der Waals surface area contributed by atoms with Crippen LogP contribution in [0.1, 0.15) is 80.5 Å². The van der Waals surface area contributed by atoms with Gasteiger partial charge in [-0.1, -0.05) is 55.4 Å². The maximum atomic E-state index is 5.82. The molecule has 1 aliphatic carbocycles. The van der Waals surface area contributed by atoms with Gasteiger partial charge < -0.3 is 14.2 Å². The summed E-state index contributed by atoms with van der Waals surface area (Å²) in [5.74, 6) is 2.75. The largest absolute Gasteiger partial charge is 0.487 e. The monoisotopic (exact) mass is 398 g/mol. The van der Waals surface area contributed by atoms with Gasteiger partial charge in [0.25, 0.3) is 0 Å². The van der Waals surface area contributed by atoms with E-state index in [1.54, 1.807) is 26.6 Å². The van der Waals surface area contributed by atoms with Crippen LogP contribution < -0.4 is 4.74 Å². The highest BCUT2D eigenvalue weighted by atomic mass is 16.5. The Morgan fingerprint density at radius 2 is 1.43 bits per heavy atom. The van der Waals surface area contributed by atoms with Crippen molar-refractivity contribution in [3.63, 3.8) is 0 Å². The van der Waals surface area contributed by atoms with Gasteiger partial charge in [-0.3, -0.25) is 0 Å². The Hall–Kier alpha value is -1.20. The highest BCUT2D eigenvalue weighted by molar-refractivity contribution is 5.13. The first-order valence-corrected chi connectivity index (χ1v) is 11.1. The second kappa shape index (κ2) is 19.1. The third-order valence-electron chi connectivity index (χ3n) is 4.16. The molecular formula is C23H46N2O3. The van der Waals surface area contributed by atoms with Crippen molar-refractivity contribution in [1.82, 2.24) is 9.97 Å². The smallest absolute Gasteiger partial charge is 0.156 e. The minimum absolute atomic E-state index is 0.244. The van der Waals surface area contributed by atoms with E-state index in [1.165, 1.54) is 0 Å². The molecule has 1 aromatic heterocycles. The predicted molar refractivity (Wildman–Crippen MR) is 119 cm³/mol. The summed E-state index contributed by atoms with van der Waals surface area (Å²) in [6.07, 6.45) is 8.08. The molecular weight excluding hydrogens is 352 g/mol. The Morgan fingerprint density at radius 1 is 0.893 bits per heavy atom. The minimum Gasteiger partial charge on any atom is -0.487 e. The molecule has 2 atom stereocenters. The van der Waals surface area contributed by atoms with Crippen LogP contribution >= 0.6 is 0 Å². The molecule has 0 spiro atoms. The summed E-state index contributed by atoms with van der Waals surface area (Å²) >= 11 is 0. The molecule has 2 rings (SSSR count). The zero-order valence-corrected chi connectivity index (χ0v) is 20.1. The van der Waals surface area contributed by atoms with Crippen LogP contribution in [0.4, 0.5) is 0 Å². The lowest BCUT2D eigenvalue weighted by atomic mass is 9.92. The maximum absolute atomic E-state index is 5.82. The Kier molecular flexibility index (Phi) is 19.8. The highest BCUT2D eigenvalue weighted by Crippen LogP contribution is 2.27. The summed E-state index contributed by atoms with van der Waals surface area (Å²) in [7, 11) is 3.49. The molecule has 0 N–H and O–H groups in total. The first kappa shape index (κ1) is 29.0. The predicted octanol–water partition coefficient (Wildman–Crippen LogP) is 5.96. The second-order valence-electron chi connectivity index (χ2n) is 6.51. The number of hydrogen-bond donors (Lipinski definition) is 0. The molecule has 5 nitrogen and oxygen atoms in total. The van der Waals surface area contributed by atoms with E-state index >= 15 is 0 Å². The summed E-state index contributed by atoms with van der Waals surface area (Å²) in [5, 5.41) is 0. The number of methoxy groups -OCH3 is 2. The van der Waals surface area contributed by atoms with Gasteiger partial charge in [0, 0.05) is 40.1 Å². The summed E-state index contributed by atoms with van der Waals surface area (Å²) in [6, 6.07) is 0. The van der Waals surface area contributed by atoms with Crippen molar-refractivity contribution in [3.05, 3.63) is 18.2 Å². The average Bonchev–Trinajstić information content (AvgIpc) is 2.70. The van der Waals surface area contributed by atoms with Gasteiger partial charge in [0.1, 0.15) is 11.9 Å². The van der Waals surface area contributed by atoms with Gasteiger partial charge in [-0.15, -0.1) is 0 Å². The van der Waals surface area contributed by atoms with Crippen LogP contribution in [0.5, 0.6) is 5.75 Å². The molecule has 1 fully saturated rings. The van der Waals surface area contributed by atoms with Crippen molar-refractivity contribution >= 4 is 0 Å². The van der Waals surface area contributed by atoms with Gasteiger partial charge in [0.2, 0.25) is 0 Å². The Balaban J connectivity index is 0. The average molecular weight is 399 g/mol. The lowest BCUT2D eigenvalue weighted by Crippen LogP contribution is -2.38. The summed E-state index contributed by atoms with van der Waals surface area (Å²) in [4.78, 5) is 8.85. The number of hydrogen-bond acceptors (Lipinski definition) is 5. The standard InChI is InChI=1S/C17H28N2O3.3C2H6/c1-12(5-13(2)11-20-3)6-17-18-9-16(10-19-17)22-15-7-14(8-15)21-4;3*1-2/h9-10,12-15H,5-8,11H2,1-4H3;3*1-2H3. The van der Waals surface area contributed by atoms with Gasteiger partial charge in [0.05, 0.1) is 18.5 Å². The van der Waals surface area contributed by atoms with Crippen molar-refractivity contribution in [2.45, 2.75) is 93.3 Å². The van der Waals surface area contributed by atoms with Gasteiger partial charge in [-0.25, -0.2) is 9.97 Å². The van der Waals surface area contributed by atoms with Crippen molar-refractivity contribution in [1.29, 1.82) is 0 Å². The zero-order chi connectivity index (χ0) is 21.9. The van der Waals surface area contributed by atoms with Crippen LogP contribution in [0.15, 0.2) is 12.4 Å². The Bertz CT molecular complexity index is 434. The van der Waals surface area contributed by atoms with Crippen molar-refractivity contribution in [3.8, 4) is 5.75 Å². The van der Waals surface area contributed by atoms with Crippen LogP contribution in [0.25, 0.3) is 0 Å². The van der Waals surface area contributed by atoms with E-state index in [0.29, 0.717) is 17.9 Å². The quantitative estimate of drug-likeness (QED) is 0.513. The summed E-state index contributed by atoms with van der Waals surface area (Å²) in [6.45, 7) is 17.3. The maximum Gasteiger partial charge on any atom is 0.156 e. The fourth-order valence-corrected chi connectivity index (χ4v) is 2.94. The van der Waals surface area contributed by atoms with Crippen LogP contribution in [0.2, 0.25) is 0 Å². The molecule has 0 aromatic carbocycles. The van der Waals surface area contributed by atoms with Crippen LogP contribution in [0.3, 0.4) is 0 Å². The molecule has 0 radical (unpaired) electrons. The molecule has 5 heteroatoms. The minimum atomic E-state index is 0.244. The first-order valence-electron chi connectivity index (χ1n) is 11.1. The molecule has 166 valence electrons. The number of nitrogens with zero attached hydrogens (tertiary/aromatic N) is 2. The van der Waals surface area contributed by atoms with Crippen LogP contribution in [-0.4, -0.2) is 43.0 Å². The molecule has 1 saturated carbocycles. The van der Waals surface area contributed by atoms with E-state index in [9.17, 15) is 0 Å². The van der Waals surface area contributed by atoms with Gasteiger partial charge >= 0.3 is 0 Å². The first-order chi connectivity index (χ1) is 13.6. The van der Waals surface area contributed by atoms with Crippen LogP contribution in [-0.2, 0) is 15.9 Å². The molecule has 1 aromatic rings. The second-order valence-corrected chi connectivity index (χ2v) is 6.51. The van der Waals surface area contributed by atoms with E-state index in [1.807, 2.05) is 41.5 Å². The molecule has 1 heterocycles. The van der Waals surface area contributed by atoms with Gasteiger partial charge in [0.15, 0.2) is 5.75 Å². The Labute approximate surface area is 174 Å². The van der Waals surface area contributed by atoms with E-state index in [0.717, 1.165) is 43.9 Å². The van der Waals surface area contributed by atoms with E-state index in [4.69, 9.17) is 14.2 Å². The molecule has 2 unspecified atom stereocenters. The molecule has 0 aliphatic heterocycles. The number of aromatic nitrogens is 2. The highest BCUT2D eigenvalue weighted by Gasteiger charge is 2.30. The molecule has 28 heavy (non-hydrogen) atoms. The fraction of sp³-hybridized carbons (Fsp3) is 0.826. The van der Waals surface area contributed by atoms with E-state index in [2.05, 4.69) is 23.8 Å². The van der Waals surface area contributed by atoms with E-state index < -0.39 is 0 Å². The molecule has 0 amide bonds. The Morgan fingerprint density at radius 3 is 1.89 bits per heavy atom. The van der Waals surface area contributed by atoms with Crippen molar-refractivity contribution in [2.24, 2.45) is 11.8 Å². The third-order valence-corrected chi connectivity index (χ3v) is 4.16. The zero-order valence-electron chi connectivity index (χ0n) is 20.1. The fourth-order valence-electron chi connectivity index (χ4n) is 2.94. The lowest BCUT2D eigenvalue weighted by molar-refractivity contribution is -0.0383. The van der Waals surface area contributed by atoms with Gasteiger partial charge in [-0.05, 0) is 18.3 Å². The molecule has 0 saturated heterocycles. The van der Waals surface area contributed by atoms with E-state index in [-0.39, 0.29) is 6.10 Å². The lowest BCUT2D eigenvalue weighted by Gasteiger charge is -2.33. The van der Waals surface area contributed by atoms with Crippen molar-refractivity contribution in [2.75, 3.05) is 20.8 Å². The SMILES string of the molecule is CC.CC.CC.COCC(C)CC(C)Cc1ncc(OC2CC(OC)C2)cn1. The summed E-state index contributed by atoms with van der Waals surface area (Å²) in [5.41, 5.74) is 0. The molecule has 0 bridgehead atoms. The number of ether oxygens (including phenoxy) is 3. The number of rotatable bonds is 9. The third kappa shape index (κ3) is 12.3. The summed E-state index contributed by atoms with van der Waals surface area (Å²) < 4.78 is 16.2. The van der Waals surface area contributed by atoms with Crippen molar-refractivity contribution < 1.29 is 14.2 Å². The van der Waals surface area contributed by atoms with Gasteiger partial charge in [-0.2, -0.15) is 0 Å². The van der Waals surface area contributed by atoms with Crippen LogP contribution in [0, 0.1) is 11.8 Å². The topological polar surface area (TPSA) is 53.5 Å². The molecule has 1 aliphatic rings.